The minimum Gasteiger partial charge on any atom is -0.481 e. The molecule has 0 fully saturated rings. The summed E-state index contributed by atoms with van der Waals surface area (Å²) in [5, 5.41) is 6.47. The van der Waals surface area contributed by atoms with E-state index in [1.807, 2.05) is 12.1 Å². The second-order valence-corrected chi connectivity index (χ2v) is 7.72. The van der Waals surface area contributed by atoms with Gasteiger partial charge < -0.3 is 20.1 Å². The molecule has 0 aromatic carbocycles. The van der Waals surface area contributed by atoms with Crippen LogP contribution < -0.4 is 20.9 Å². The molecule has 0 saturated carbocycles. The first-order chi connectivity index (χ1) is 15.5. The van der Waals surface area contributed by atoms with E-state index in [4.69, 9.17) is 9.47 Å². The lowest BCUT2D eigenvalue weighted by Gasteiger charge is -2.14. The van der Waals surface area contributed by atoms with Gasteiger partial charge >= 0.3 is 0 Å². The quantitative estimate of drug-likeness (QED) is 0.415. The molecule has 172 valence electrons. The molecule has 0 amide bonds. The molecule has 3 aromatic rings. The first-order valence-electron chi connectivity index (χ1n) is 11.0. The van der Waals surface area contributed by atoms with E-state index < -0.39 is 0 Å². The number of ether oxygens (including phenoxy) is 2. The third-order valence-corrected chi connectivity index (χ3v) is 4.86. The summed E-state index contributed by atoms with van der Waals surface area (Å²) >= 11 is 0. The summed E-state index contributed by atoms with van der Waals surface area (Å²) in [5.41, 5.74) is 2.70. The SMILES string of the molecule is CCCOCCn1c(=O)c(NCCNC(C)C)nc2ncc(-c3ccc(OC)nc3)cc21. The Morgan fingerprint density at radius 2 is 1.91 bits per heavy atom. The number of nitrogens with one attached hydrogen (secondary N) is 2. The Labute approximate surface area is 188 Å². The second-order valence-electron chi connectivity index (χ2n) is 7.72. The Hall–Kier alpha value is -3.04. The lowest BCUT2D eigenvalue weighted by Crippen LogP contribution is -2.32. The van der Waals surface area contributed by atoms with Gasteiger partial charge in [0.05, 0.1) is 19.2 Å². The molecule has 0 unspecified atom stereocenters. The molecule has 9 heteroatoms. The fourth-order valence-corrected chi connectivity index (χ4v) is 3.23. The number of rotatable bonds is 12. The van der Waals surface area contributed by atoms with Crippen LogP contribution in [-0.2, 0) is 11.3 Å². The molecule has 0 spiro atoms. The number of aromatic nitrogens is 4. The van der Waals surface area contributed by atoms with Crippen LogP contribution in [0.1, 0.15) is 27.2 Å². The van der Waals surface area contributed by atoms with E-state index in [2.05, 4.69) is 46.4 Å². The summed E-state index contributed by atoms with van der Waals surface area (Å²) in [4.78, 5) is 26.5. The highest BCUT2D eigenvalue weighted by Gasteiger charge is 2.13. The van der Waals surface area contributed by atoms with Crippen LogP contribution in [0.3, 0.4) is 0 Å². The summed E-state index contributed by atoms with van der Waals surface area (Å²) in [6, 6.07) is 6.00. The first kappa shape index (κ1) is 23.6. The van der Waals surface area contributed by atoms with Crippen molar-refractivity contribution in [3.8, 4) is 17.0 Å². The predicted molar refractivity (Wildman–Crippen MR) is 126 cm³/mol. The summed E-state index contributed by atoms with van der Waals surface area (Å²) in [6.07, 6.45) is 4.39. The van der Waals surface area contributed by atoms with Gasteiger partial charge in [0, 0.05) is 61.9 Å². The topological polar surface area (TPSA) is 103 Å². The smallest absolute Gasteiger partial charge is 0.293 e. The number of hydrogen-bond donors (Lipinski definition) is 2. The van der Waals surface area contributed by atoms with Gasteiger partial charge in [0.1, 0.15) is 0 Å². The number of hydrogen-bond acceptors (Lipinski definition) is 8. The van der Waals surface area contributed by atoms with Gasteiger partial charge in [0.25, 0.3) is 5.56 Å². The van der Waals surface area contributed by atoms with Crippen molar-refractivity contribution >= 4 is 17.0 Å². The maximum Gasteiger partial charge on any atom is 0.293 e. The zero-order chi connectivity index (χ0) is 22.9. The Morgan fingerprint density at radius 1 is 1.09 bits per heavy atom. The van der Waals surface area contributed by atoms with Crippen molar-refractivity contribution in [1.82, 2.24) is 24.8 Å². The molecule has 0 aliphatic rings. The van der Waals surface area contributed by atoms with Crippen LogP contribution >= 0.6 is 0 Å². The summed E-state index contributed by atoms with van der Waals surface area (Å²) < 4.78 is 12.5. The third kappa shape index (κ3) is 6.02. The van der Waals surface area contributed by atoms with E-state index in [0.717, 1.165) is 24.1 Å². The summed E-state index contributed by atoms with van der Waals surface area (Å²) in [5.74, 6) is 0.835. The maximum atomic E-state index is 13.2. The van der Waals surface area contributed by atoms with Crippen molar-refractivity contribution in [3.63, 3.8) is 0 Å². The van der Waals surface area contributed by atoms with Crippen LogP contribution in [0.2, 0.25) is 0 Å². The standard InChI is InChI=1S/C23H32N6O3/c1-5-11-32-12-10-29-19-13-18(17-6-7-20(31-4)26-14-17)15-27-21(19)28-22(23(29)30)25-9-8-24-16(2)3/h6-7,13-16,24H,5,8-12H2,1-4H3,(H,25,27,28). The molecule has 32 heavy (non-hydrogen) atoms. The average Bonchev–Trinajstić information content (AvgIpc) is 2.80. The predicted octanol–water partition coefficient (Wildman–Crippen LogP) is 2.70. The second kappa shape index (κ2) is 11.5. The van der Waals surface area contributed by atoms with Crippen molar-refractivity contribution in [2.75, 3.05) is 38.7 Å². The van der Waals surface area contributed by atoms with Gasteiger partial charge in [0.2, 0.25) is 5.88 Å². The Balaban J connectivity index is 1.95. The highest BCUT2D eigenvalue weighted by atomic mass is 16.5. The van der Waals surface area contributed by atoms with Gasteiger partial charge in [-0.3, -0.25) is 9.36 Å². The molecule has 9 nitrogen and oxygen atoms in total. The highest BCUT2D eigenvalue weighted by Crippen LogP contribution is 2.23. The molecule has 3 heterocycles. The van der Waals surface area contributed by atoms with Gasteiger partial charge in [-0.2, -0.15) is 0 Å². The van der Waals surface area contributed by atoms with Crippen LogP contribution in [0.5, 0.6) is 5.88 Å². The molecule has 3 rings (SSSR count). The van der Waals surface area contributed by atoms with Crippen molar-refractivity contribution in [1.29, 1.82) is 0 Å². The van der Waals surface area contributed by atoms with Crippen molar-refractivity contribution in [3.05, 3.63) is 40.9 Å². The number of methoxy groups -OCH3 is 1. The fraction of sp³-hybridized carbons (Fsp3) is 0.478. The zero-order valence-electron chi connectivity index (χ0n) is 19.2. The first-order valence-corrected chi connectivity index (χ1v) is 11.0. The van der Waals surface area contributed by atoms with Crippen molar-refractivity contribution < 1.29 is 9.47 Å². The Morgan fingerprint density at radius 3 is 2.59 bits per heavy atom. The molecule has 0 aliphatic heterocycles. The molecule has 0 atom stereocenters. The van der Waals surface area contributed by atoms with E-state index >= 15 is 0 Å². The molecular formula is C23H32N6O3. The number of pyridine rings is 2. The molecule has 0 saturated heterocycles. The van der Waals surface area contributed by atoms with E-state index in [1.165, 1.54) is 0 Å². The lowest BCUT2D eigenvalue weighted by molar-refractivity contribution is 0.127. The van der Waals surface area contributed by atoms with Gasteiger partial charge in [-0.15, -0.1) is 0 Å². The van der Waals surface area contributed by atoms with Crippen LogP contribution in [0.25, 0.3) is 22.3 Å². The molecule has 0 aliphatic carbocycles. The lowest BCUT2D eigenvalue weighted by atomic mass is 10.1. The van der Waals surface area contributed by atoms with Gasteiger partial charge in [-0.25, -0.2) is 15.0 Å². The molecule has 0 bridgehead atoms. The van der Waals surface area contributed by atoms with Crippen molar-refractivity contribution in [2.24, 2.45) is 0 Å². The minimum absolute atomic E-state index is 0.186. The van der Waals surface area contributed by atoms with Gasteiger partial charge in [-0.05, 0) is 18.6 Å². The summed E-state index contributed by atoms with van der Waals surface area (Å²) in [7, 11) is 1.58. The normalized spacial score (nSPS) is 11.3. The Bertz CT molecular complexity index is 1070. The minimum atomic E-state index is -0.186. The van der Waals surface area contributed by atoms with Gasteiger partial charge in [-0.1, -0.05) is 20.8 Å². The van der Waals surface area contributed by atoms with E-state index in [-0.39, 0.29) is 5.56 Å². The highest BCUT2D eigenvalue weighted by molar-refractivity contribution is 5.78. The van der Waals surface area contributed by atoms with E-state index in [1.54, 1.807) is 30.1 Å². The number of nitrogens with zero attached hydrogens (tertiary/aromatic N) is 4. The summed E-state index contributed by atoms with van der Waals surface area (Å²) in [6.45, 7) is 9.05. The van der Waals surface area contributed by atoms with Crippen molar-refractivity contribution in [2.45, 2.75) is 39.8 Å². The molecular weight excluding hydrogens is 408 g/mol. The average molecular weight is 441 g/mol. The third-order valence-electron chi connectivity index (χ3n) is 4.86. The van der Waals surface area contributed by atoms with Crippen LogP contribution in [0, 0.1) is 0 Å². The van der Waals surface area contributed by atoms with Crippen LogP contribution in [0.15, 0.2) is 35.4 Å². The molecule has 2 N–H and O–H groups in total. The zero-order valence-corrected chi connectivity index (χ0v) is 19.2. The van der Waals surface area contributed by atoms with E-state index in [0.29, 0.717) is 55.2 Å². The Kier molecular flexibility index (Phi) is 8.52. The van der Waals surface area contributed by atoms with Crippen LogP contribution in [-0.4, -0.2) is 59.0 Å². The van der Waals surface area contributed by atoms with Crippen LogP contribution in [0.4, 0.5) is 5.82 Å². The largest absolute Gasteiger partial charge is 0.481 e. The molecule has 3 aromatic heterocycles. The maximum absolute atomic E-state index is 13.2. The number of anilines is 1. The fourth-order valence-electron chi connectivity index (χ4n) is 3.23. The van der Waals surface area contributed by atoms with E-state index in [9.17, 15) is 4.79 Å². The van der Waals surface area contributed by atoms with Gasteiger partial charge in [0.15, 0.2) is 11.5 Å². The molecule has 0 radical (unpaired) electrons. The monoisotopic (exact) mass is 440 g/mol. The number of fused-ring (bicyclic) bond motifs is 1.